The number of rotatable bonds is 8. The van der Waals surface area contributed by atoms with Crippen molar-refractivity contribution in [3.05, 3.63) is 66.2 Å². The summed E-state index contributed by atoms with van der Waals surface area (Å²) in [6.07, 6.45) is 0.729. The van der Waals surface area contributed by atoms with Crippen molar-refractivity contribution in [3.8, 4) is 28.3 Å². The average molecular weight is 416 g/mol. The number of nitrogens with zero attached hydrogens (tertiary/aromatic N) is 2. The molecule has 2 N–H and O–H groups in total. The van der Waals surface area contributed by atoms with Crippen molar-refractivity contribution in [3.63, 3.8) is 0 Å². The highest BCUT2D eigenvalue weighted by Gasteiger charge is 2.21. The highest BCUT2D eigenvalue weighted by Crippen LogP contribution is 2.34. The van der Waals surface area contributed by atoms with Crippen molar-refractivity contribution >= 4 is 16.9 Å². The number of aromatic amines is 1. The van der Waals surface area contributed by atoms with Gasteiger partial charge in [0.15, 0.2) is 5.65 Å². The Hall–Kier alpha value is -3.71. The maximum absolute atomic E-state index is 13.2. The molecule has 1 amide bonds. The molecule has 0 atom stereocenters. The van der Waals surface area contributed by atoms with Gasteiger partial charge >= 0.3 is 0 Å². The summed E-state index contributed by atoms with van der Waals surface area (Å²) in [5.41, 5.74) is 4.10. The van der Waals surface area contributed by atoms with Crippen LogP contribution in [0.2, 0.25) is 0 Å². The lowest BCUT2D eigenvalue weighted by atomic mass is 10.0. The van der Waals surface area contributed by atoms with Gasteiger partial charge in [0.2, 0.25) is 0 Å². The number of carbonyl (C=O) groups is 1. The number of carbonyl (C=O) groups excluding carboxylic acids is 1. The van der Waals surface area contributed by atoms with E-state index in [1.165, 1.54) is 0 Å². The van der Waals surface area contributed by atoms with Crippen LogP contribution in [0.3, 0.4) is 0 Å². The number of para-hydroxylation sites is 1. The van der Waals surface area contributed by atoms with Crippen LogP contribution in [0.5, 0.6) is 5.75 Å². The molecule has 0 fully saturated rings. The minimum absolute atomic E-state index is 0.182. The molecule has 2 aromatic carbocycles. The average Bonchev–Trinajstić information content (AvgIpc) is 3.25. The number of benzene rings is 2. The normalized spacial score (nSPS) is 10.9. The Balaban J connectivity index is 1.85. The van der Waals surface area contributed by atoms with E-state index < -0.39 is 0 Å². The van der Waals surface area contributed by atoms with E-state index in [1.54, 1.807) is 20.3 Å². The predicted octanol–water partition coefficient (Wildman–Crippen LogP) is 4.07. The van der Waals surface area contributed by atoms with E-state index in [0.29, 0.717) is 41.2 Å². The SMILES string of the molecule is COCCCNC(=O)c1cc(-c2ccccc2OC)nc2n[nH]c(-c3ccccc3)c12. The van der Waals surface area contributed by atoms with Gasteiger partial charge in [0.1, 0.15) is 5.75 Å². The van der Waals surface area contributed by atoms with Crippen molar-refractivity contribution in [2.24, 2.45) is 0 Å². The first kappa shape index (κ1) is 20.6. The Kier molecular flexibility index (Phi) is 6.24. The Labute approximate surface area is 180 Å². The third-order valence-corrected chi connectivity index (χ3v) is 5.02. The maximum Gasteiger partial charge on any atom is 0.252 e. The fraction of sp³-hybridized carbons (Fsp3) is 0.208. The number of pyridine rings is 1. The summed E-state index contributed by atoms with van der Waals surface area (Å²) >= 11 is 0. The third kappa shape index (κ3) is 4.27. The van der Waals surface area contributed by atoms with Crippen molar-refractivity contribution in [2.45, 2.75) is 6.42 Å². The second kappa shape index (κ2) is 9.40. The number of nitrogens with one attached hydrogen (secondary N) is 2. The Morgan fingerprint density at radius 1 is 1.06 bits per heavy atom. The zero-order valence-corrected chi connectivity index (χ0v) is 17.5. The standard InChI is InChI=1S/C24H24N4O3/c1-30-14-8-13-25-24(29)18-15-19(17-11-6-7-12-20(17)31-2)26-23-21(18)22(27-28-23)16-9-4-3-5-10-16/h3-7,9-12,15H,8,13-14H2,1-2H3,(H,25,29)(H,26,27,28). The summed E-state index contributed by atoms with van der Waals surface area (Å²) < 4.78 is 10.6. The van der Waals surface area contributed by atoms with Crippen LogP contribution in [-0.2, 0) is 4.74 Å². The van der Waals surface area contributed by atoms with Gasteiger partial charge in [-0.15, -0.1) is 0 Å². The molecule has 2 aromatic heterocycles. The molecule has 7 heteroatoms. The van der Waals surface area contributed by atoms with E-state index in [0.717, 1.165) is 23.2 Å². The van der Waals surface area contributed by atoms with E-state index in [1.807, 2.05) is 54.6 Å². The lowest BCUT2D eigenvalue weighted by Crippen LogP contribution is -2.25. The second-order valence-corrected chi connectivity index (χ2v) is 7.02. The Morgan fingerprint density at radius 2 is 1.84 bits per heavy atom. The van der Waals surface area contributed by atoms with Crippen LogP contribution >= 0.6 is 0 Å². The smallest absolute Gasteiger partial charge is 0.252 e. The van der Waals surface area contributed by atoms with Crippen LogP contribution in [-0.4, -0.2) is 48.5 Å². The summed E-state index contributed by atoms with van der Waals surface area (Å²) in [6.45, 7) is 1.10. The molecule has 31 heavy (non-hydrogen) atoms. The van der Waals surface area contributed by atoms with E-state index >= 15 is 0 Å². The fourth-order valence-corrected chi connectivity index (χ4v) is 3.52. The van der Waals surface area contributed by atoms with Gasteiger partial charge in [-0.25, -0.2) is 4.98 Å². The molecule has 0 aliphatic rings. The highest BCUT2D eigenvalue weighted by atomic mass is 16.5. The van der Waals surface area contributed by atoms with Crippen LogP contribution in [0.4, 0.5) is 0 Å². The number of H-pyrrole nitrogens is 1. The van der Waals surface area contributed by atoms with E-state index in [2.05, 4.69) is 15.5 Å². The third-order valence-electron chi connectivity index (χ3n) is 5.02. The van der Waals surface area contributed by atoms with Gasteiger partial charge in [0.25, 0.3) is 5.91 Å². The number of hydrogen-bond donors (Lipinski definition) is 2. The number of hydrogen-bond acceptors (Lipinski definition) is 5. The van der Waals surface area contributed by atoms with Crippen molar-refractivity contribution in [2.75, 3.05) is 27.4 Å². The minimum atomic E-state index is -0.182. The molecule has 0 unspecified atom stereocenters. The van der Waals surface area contributed by atoms with Crippen LogP contribution in [0, 0.1) is 0 Å². The molecule has 0 radical (unpaired) electrons. The fourth-order valence-electron chi connectivity index (χ4n) is 3.52. The van der Waals surface area contributed by atoms with Crippen LogP contribution in [0.15, 0.2) is 60.7 Å². The van der Waals surface area contributed by atoms with Gasteiger partial charge in [-0.2, -0.15) is 5.10 Å². The molecular weight excluding hydrogens is 392 g/mol. The predicted molar refractivity (Wildman–Crippen MR) is 120 cm³/mol. The van der Waals surface area contributed by atoms with Crippen LogP contribution < -0.4 is 10.1 Å². The number of amides is 1. The minimum Gasteiger partial charge on any atom is -0.496 e. The van der Waals surface area contributed by atoms with Gasteiger partial charge in [-0.3, -0.25) is 9.89 Å². The molecule has 0 aliphatic heterocycles. The van der Waals surface area contributed by atoms with Crippen molar-refractivity contribution < 1.29 is 14.3 Å². The summed E-state index contributed by atoms with van der Waals surface area (Å²) in [4.78, 5) is 17.9. The van der Waals surface area contributed by atoms with Crippen molar-refractivity contribution in [1.82, 2.24) is 20.5 Å². The first-order chi connectivity index (χ1) is 15.2. The zero-order valence-electron chi connectivity index (χ0n) is 17.5. The molecular formula is C24H24N4O3. The van der Waals surface area contributed by atoms with Gasteiger partial charge in [0.05, 0.1) is 29.4 Å². The number of methoxy groups -OCH3 is 2. The van der Waals surface area contributed by atoms with Gasteiger partial charge in [-0.05, 0) is 24.6 Å². The number of ether oxygens (including phenoxy) is 2. The zero-order chi connectivity index (χ0) is 21.6. The van der Waals surface area contributed by atoms with Gasteiger partial charge < -0.3 is 14.8 Å². The molecule has 7 nitrogen and oxygen atoms in total. The largest absolute Gasteiger partial charge is 0.496 e. The molecule has 0 saturated heterocycles. The second-order valence-electron chi connectivity index (χ2n) is 7.02. The van der Waals surface area contributed by atoms with E-state index in [9.17, 15) is 4.79 Å². The van der Waals surface area contributed by atoms with Gasteiger partial charge in [-0.1, -0.05) is 42.5 Å². The quantitative estimate of drug-likeness (QED) is 0.423. The van der Waals surface area contributed by atoms with E-state index in [-0.39, 0.29) is 5.91 Å². The van der Waals surface area contributed by atoms with Gasteiger partial charge in [0, 0.05) is 31.4 Å². The molecule has 0 bridgehead atoms. The summed E-state index contributed by atoms with van der Waals surface area (Å²) in [7, 11) is 3.26. The molecule has 0 spiro atoms. The highest BCUT2D eigenvalue weighted by molar-refractivity contribution is 6.11. The van der Waals surface area contributed by atoms with Crippen LogP contribution in [0.25, 0.3) is 33.5 Å². The lowest BCUT2D eigenvalue weighted by Gasteiger charge is -2.11. The number of aromatic nitrogens is 3. The summed E-state index contributed by atoms with van der Waals surface area (Å²) in [5.74, 6) is 0.498. The topological polar surface area (TPSA) is 89.1 Å². The molecule has 4 rings (SSSR count). The Bertz CT molecular complexity index is 1190. The molecule has 0 saturated carbocycles. The maximum atomic E-state index is 13.2. The first-order valence-electron chi connectivity index (χ1n) is 10.1. The van der Waals surface area contributed by atoms with Crippen LogP contribution in [0.1, 0.15) is 16.8 Å². The molecule has 0 aliphatic carbocycles. The van der Waals surface area contributed by atoms with E-state index in [4.69, 9.17) is 14.5 Å². The molecule has 158 valence electrons. The Morgan fingerprint density at radius 3 is 2.61 bits per heavy atom. The van der Waals surface area contributed by atoms with Crippen molar-refractivity contribution in [1.29, 1.82) is 0 Å². The summed E-state index contributed by atoms with van der Waals surface area (Å²) in [6, 6.07) is 19.2. The first-order valence-corrected chi connectivity index (χ1v) is 10.1. The summed E-state index contributed by atoms with van der Waals surface area (Å²) in [5, 5.41) is 11.1. The molecule has 2 heterocycles. The monoisotopic (exact) mass is 416 g/mol. The lowest BCUT2D eigenvalue weighted by molar-refractivity contribution is 0.0950. The molecule has 4 aromatic rings. The number of fused-ring (bicyclic) bond motifs is 1.